The Labute approximate surface area is 266 Å². The molecule has 0 spiro atoms. The summed E-state index contributed by atoms with van der Waals surface area (Å²) in [6.45, 7) is 8.42. The van der Waals surface area contributed by atoms with E-state index < -0.39 is 24.2 Å². The van der Waals surface area contributed by atoms with E-state index in [4.69, 9.17) is 0 Å². The lowest BCUT2D eigenvalue weighted by Crippen LogP contribution is -2.56. The van der Waals surface area contributed by atoms with Gasteiger partial charge in [0.25, 0.3) is 0 Å². The number of amides is 3. The number of aliphatic hydroxyl groups excluding tert-OH is 2. The third-order valence-corrected chi connectivity index (χ3v) is 9.67. The molecule has 2 aliphatic rings. The summed E-state index contributed by atoms with van der Waals surface area (Å²) in [7, 11) is 3.32. The van der Waals surface area contributed by atoms with Crippen LogP contribution in [-0.4, -0.2) is 83.2 Å². The third-order valence-electron chi connectivity index (χ3n) is 9.67. The largest absolute Gasteiger partial charge is 0.390 e. The highest BCUT2D eigenvalue weighted by atomic mass is 16.3. The van der Waals surface area contributed by atoms with E-state index in [9.17, 15) is 24.6 Å². The van der Waals surface area contributed by atoms with E-state index in [1.54, 1.807) is 19.0 Å². The molecule has 4 atom stereocenters. The lowest BCUT2D eigenvalue weighted by atomic mass is 9.81. The normalized spacial score (nSPS) is 18.8. The van der Waals surface area contributed by atoms with Gasteiger partial charge in [-0.1, -0.05) is 103 Å². The van der Waals surface area contributed by atoms with Crippen LogP contribution in [0, 0.1) is 23.7 Å². The zero-order chi connectivity index (χ0) is 32.4. The van der Waals surface area contributed by atoms with Crippen LogP contribution in [0.3, 0.4) is 0 Å². The maximum absolute atomic E-state index is 14.5. The maximum Gasteiger partial charge on any atom is 0.241 e. The number of aliphatic hydroxyl groups is 2. The first-order valence-corrected chi connectivity index (χ1v) is 17.0. The molecule has 0 heterocycles. The monoisotopic (exact) mass is 613 g/mol. The topological polar surface area (TPSA) is 110 Å². The number of carbonyl (C=O) groups excluding carboxylic acids is 3. The Kier molecular flexibility index (Phi) is 13.7. The van der Waals surface area contributed by atoms with Crippen molar-refractivity contribution in [1.29, 1.82) is 0 Å². The number of likely N-dealkylation sites (N-methyl/N-ethyl adjacent to an activating group) is 1. The van der Waals surface area contributed by atoms with Gasteiger partial charge in [-0.15, -0.1) is 0 Å². The first-order valence-electron chi connectivity index (χ1n) is 17.0. The third kappa shape index (κ3) is 11.2. The van der Waals surface area contributed by atoms with Crippen molar-refractivity contribution in [2.24, 2.45) is 23.7 Å². The molecule has 0 aromatic heterocycles. The van der Waals surface area contributed by atoms with E-state index >= 15 is 0 Å². The van der Waals surface area contributed by atoms with Crippen molar-refractivity contribution in [3.05, 3.63) is 35.9 Å². The molecule has 8 nitrogen and oxygen atoms in total. The molecule has 0 unspecified atom stereocenters. The molecule has 44 heavy (non-hydrogen) atoms. The lowest BCUT2D eigenvalue weighted by molar-refractivity contribution is -0.151. The van der Waals surface area contributed by atoms with E-state index in [1.807, 2.05) is 32.0 Å². The number of rotatable bonds is 17. The van der Waals surface area contributed by atoms with E-state index in [2.05, 4.69) is 31.3 Å². The highest BCUT2D eigenvalue weighted by Crippen LogP contribution is 2.38. The van der Waals surface area contributed by atoms with Gasteiger partial charge >= 0.3 is 0 Å². The molecular weight excluding hydrogens is 554 g/mol. The van der Waals surface area contributed by atoms with Gasteiger partial charge in [0.05, 0.1) is 12.1 Å². The van der Waals surface area contributed by atoms with Crippen LogP contribution in [0.15, 0.2) is 30.3 Å². The fourth-order valence-electron chi connectivity index (χ4n) is 6.61. The molecule has 0 saturated heterocycles. The summed E-state index contributed by atoms with van der Waals surface area (Å²) < 4.78 is 0. The van der Waals surface area contributed by atoms with E-state index in [-0.39, 0.29) is 42.0 Å². The van der Waals surface area contributed by atoms with Crippen molar-refractivity contribution in [3.63, 3.8) is 0 Å². The minimum absolute atomic E-state index is 0.0354. The predicted octanol–water partition coefficient (Wildman–Crippen LogP) is 4.91. The highest BCUT2D eigenvalue weighted by Gasteiger charge is 2.41. The van der Waals surface area contributed by atoms with Crippen molar-refractivity contribution < 1.29 is 24.6 Å². The van der Waals surface area contributed by atoms with E-state index in [0.29, 0.717) is 37.6 Å². The Morgan fingerprint density at radius 2 is 1.55 bits per heavy atom. The van der Waals surface area contributed by atoms with E-state index in [1.165, 1.54) is 11.3 Å². The maximum atomic E-state index is 14.5. The zero-order valence-electron chi connectivity index (χ0n) is 28.1. The number of nitrogens with zero attached hydrogens (tertiary/aromatic N) is 2. The highest BCUT2D eigenvalue weighted by molar-refractivity contribution is 5.89. The van der Waals surface area contributed by atoms with Gasteiger partial charge in [-0.25, -0.2) is 0 Å². The lowest BCUT2D eigenvalue weighted by Gasteiger charge is -2.41. The van der Waals surface area contributed by atoms with Crippen LogP contribution < -0.4 is 5.32 Å². The molecule has 1 aromatic carbocycles. The SMILES string of the molecule is CC(C)C[C@H](O)[C@H](O)[C@H](CC1CCCCC1)N(CC(=O)N(C)C)C(=O)[C@@H](CC(=O)NCC(C)(C)c1ccccc1)CC1CC1. The zero-order valence-corrected chi connectivity index (χ0v) is 28.1. The molecule has 0 aliphatic heterocycles. The number of hydrogen-bond donors (Lipinski definition) is 3. The average Bonchev–Trinajstić information content (AvgIpc) is 3.81. The Morgan fingerprint density at radius 1 is 0.932 bits per heavy atom. The molecule has 0 radical (unpaired) electrons. The summed E-state index contributed by atoms with van der Waals surface area (Å²) in [5, 5.41) is 25.8. The van der Waals surface area contributed by atoms with Crippen molar-refractivity contribution in [3.8, 4) is 0 Å². The average molecular weight is 614 g/mol. The summed E-state index contributed by atoms with van der Waals surface area (Å²) in [5.74, 6) is -0.425. The minimum atomic E-state index is -1.18. The fraction of sp³-hybridized carbons (Fsp3) is 0.750. The number of hydrogen-bond acceptors (Lipinski definition) is 5. The minimum Gasteiger partial charge on any atom is -0.390 e. The summed E-state index contributed by atoms with van der Waals surface area (Å²) >= 11 is 0. The first-order chi connectivity index (χ1) is 20.8. The number of carbonyl (C=O) groups is 3. The molecule has 8 heteroatoms. The van der Waals surface area contributed by atoms with Crippen LogP contribution in [-0.2, 0) is 19.8 Å². The van der Waals surface area contributed by atoms with Crippen molar-refractivity contribution in [2.45, 2.75) is 122 Å². The Bertz CT molecular complexity index is 1050. The number of nitrogens with one attached hydrogen (secondary N) is 1. The summed E-state index contributed by atoms with van der Waals surface area (Å²) in [6.07, 6.45) is 6.85. The molecule has 248 valence electrons. The van der Waals surface area contributed by atoms with Crippen molar-refractivity contribution in [1.82, 2.24) is 15.1 Å². The second-order valence-corrected chi connectivity index (χ2v) is 14.9. The predicted molar refractivity (Wildman–Crippen MR) is 175 cm³/mol. The van der Waals surface area contributed by atoms with Gasteiger partial charge in [0, 0.05) is 38.4 Å². The molecule has 0 bridgehead atoms. The second-order valence-electron chi connectivity index (χ2n) is 14.9. The van der Waals surface area contributed by atoms with Crippen LogP contribution in [0.5, 0.6) is 0 Å². The van der Waals surface area contributed by atoms with Gasteiger partial charge < -0.3 is 25.3 Å². The standard InChI is InChI=1S/C36H59N3O5/c1-25(2)19-31(40)34(43)30(21-26-13-9-7-10-14-26)39(23-33(42)38(5)6)35(44)28(20-27-17-18-27)22-32(41)37-24-36(3,4)29-15-11-8-12-16-29/h8,11-12,15-16,25-28,30-31,34,40,43H,7,9-10,13-14,17-24H2,1-6H3,(H,37,41)/t28-,30+,31+,34-/m1/s1. The van der Waals surface area contributed by atoms with Crippen LogP contribution >= 0.6 is 0 Å². The van der Waals surface area contributed by atoms with Gasteiger partial charge in [0.1, 0.15) is 12.6 Å². The second kappa shape index (κ2) is 16.7. The summed E-state index contributed by atoms with van der Waals surface area (Å²) in [6, 6.07) is 9.35. The van der Waals surface area contributed by atoms with Crippen molar-refractivity contribution >= 4 is 17.7 Å². The molecule has 2 saturated carbocycles. The first kappa shape index (κ1) is 36.0. The molecular formula is C36H59N3O5. The van der Waals surface area contributed by atoms with Crippen LogP contribution in [0.2, 0.25) is 0 Å². The van der Waals surface area contributed by atoms with Crippen molar-refractivity contribution in [2.75, 3.05) is 27.2 Å². The molecule has 2 aliphatic carbocycles. The van der Waals surface area contributed by atoms with E-state index in [0.717, 1.165) is 44.1 Å². The molecule has 2 fully saturated rings. The van der Waals surface area contributed by atoms with Gasteiger partial charge in [0.15, 0.2) is 0 Å². The van der Waals surface area contributed by atoms with Gasteiger partial charge in [0.2, 0.25) is 17.7 Å². The molecule has 3 rings (SSSR count). The Morgan fingerprint density at radius 3 is 2.11 bits per heavy atom. The van der Waals surface area contributed by atoms with Crippen LogP contribution in [0.25, 0.3) is 0 Å². The van der Waals surface area contributed by atoms with Gasteiger partial charge in [-0.3, -0.25) is 14.4 Å². The summed E-state index contributed by atoms with van der Waals surface area (Å²) in [4.78, 5) is 44.1. The van der Waals surface area contributed by atoms with Crippen LogP contribution in [0.4, 0.5) is 0 Å². The molecule has 1 aromatic rings. The summed E-state index contributed by atoms with van der Waals surface area (Å²) in [5.41, 5.74) is 0.845. The van der Waals surface area contributed by atoms with Gasteiger partial charge in [-0.2, -0.15) is 0 Å². The smallest absolute Gasteiger partial charge is 0.241 e. The Hall–Kier alpha value is -2.45. The fourth-order valence-corrected chi connectivity index (χ4v) is 6.61. The molecule has 3 amide bonds. The van der Waals surface area contributed by atoms with Gasteiger partial charge in [-0.05, 0) is 42.6 Å². The Balaban J connectivity index is 1.86. The van der Waals surface area contributed by atoms with Crippen LogP contribution in [0.1, 0.15) is 104 Å². The number of benzene rings is 1. The molecule has 3 N–H and O–H groups in total. The quantitative estimate of drug-likeness (QED) is 0.231.